The van der Waals surface area contributed by atoms with E-state index < -0.39 is 5.60 Å². The monoisotopic (exact) mass is 344 g/mol. The second-order valence-corrected chi connectivity index (χ2v) is 7.67. The lowest BCUT2D eigenvalue weighted by Gasteiger charge is -2.22. The number of hydrogen-bond acceptors (Lipinski definition) is 2. The molecule has 0 aliphatic rings. The van der Waals surface area contributed by atoms with Crippen molar-refractivity contribution in [3.63, 3.8) is 0 Å². The molecule has 0 radical (unpaired) electrons. The van der Waals surface area contributed by atoms with E-state index in [2.05, 4.69) is 15.9 Å². The topological polar surface area (TPSA) is 20.2 Å². The molecule has 1 aromatic heterocycles. The molecule has 0 spiro atoms. The number of aliphatic hydroxyl groups is 1. The van der Waals surface area contributed by atoms with Gasteiger partial charge in [0.2, 0.25) is 0 Å². The van der Waals surface area contributed by atoms with E-state index in [-0.39, 0.29) is 0 Å². The zero-order chi connectivity index (χ0) is 13.2. The van der Waals surface area contributed by atoms with Gasteiger partial charge in [-0.3, -0.25) is 0 Å². The predicted octanol–water partition coefficient (Wildman–Crippen LogP) is 4.70. The van der Waals surface area contributed by atoms with Crippen molar-refractivity contribution in [2.75, 3.05) is 0 Å². The van der Waals surface area contributed by atoms with E-state index in [1.54, 1.807) is 11.3 Å². The summed E-state index contributed by atoms with van der Waals surface area (Å²) in [5.41, 5.74) is 0.359. The van der Waals surface area contributed by atoms with Gasteiger partial charge in [-0.05, 0) is 52.7 Å². The van der Waals surface area contributed by atoms with Crippen LogP contribution in [-0.2, 0) is 12.8 Å². The van der Waals surface area contributed by atoms with Gasteiger partial charge in [-0.15, -0.1) is 11.3 Å². The quantitative estimate of drug-likeness (QED) is 0.851. The van der Waals surface area contributed by atoms with E-state index in [4.69, 9.17) is 11.6 Å². The van der Waals surface area contributed by atoms with Gasteiger partial charge in [0.15, 0.2) is 0 Å². The number of rotatable bonds is 4. The van der Waals surface area contributed by atoms with Gasteiger partial charge in [0.05, 0.1) is 9.39 Å². The van der Waals surface area contributed by atoms with Gasteiger partial charge < -0.3 is 5.11 Å². The lowest BCUT2D eigenvalue weighted by molar-refractivity contribution is 0.0616. The van der Waals surface area contributed by atoms with Gasteiger partial charge in [-0.2, -0.15) is 0 Å². The molecule has 0 amide bonds. The van der Waals surface area contributed by atoms with E-state index in [0.29, 0.717) is 12.8 Å². The largest absolute Gasteiger partial charge is 0.389 e. The number of hydrogen-bond donors (Lipinski definition) is 1. The highest BCUT2D eigenvalue weighted by Gasteiger charge is 2.22. The third kappa shape index (κ3) is 4.09. The zero-order valence-electron chi connectivity index (χ0n) is 9.99. The molecular weight excluding hydrogens is 332 g/mol. The minimum atomic E-state index is -0.738. The van der Waals surface area contributed by atoms with E-state index >= 15 is 0 Å². The molecular formula is C14H14BrClOS. The van der Waals surface area contributed by atoms with Crippen LogP contribution < -0.4 is 0 Å². The summed E-state index contributed by atoms with van der Waals surface area (Å²) < 4.78 is 1.10. The SMILES string of the molecule is CC(O)(Cc1ccc(Cl)cc1)Cc1ccc(Br)s1. The molecule has 2 rings (SSSR count). The molecule has 96 valence electrons. The van der Waals surface area contributed by atoms with Crippen molar-refractivity contribution in [1.82, 2.24) is 0 Å². The molecule has 4 heteroatoms. The number of halogens is 2. The predicted molar refractivity (Wildman–Crippen MR) is 81.5 cm³/mol. The molecule has 0 aliphatic carbocycles. The smallest absolute Gasteiger partial charge is 0.0707 e. The highest BCUT2D eigenvalue weighted by atomic mass is 79.9. The Morgan fingerprint density at radius 3 is 2.39 bits per heavy atom. The normalized spacial score (nSPS) is 14.4. The molecule has 18 heavy (non-hydrogen) atoms. The lowest BCUT2D eigenvalue weighted by Crippen LogP contribution is -2.29. The van der Waals surface area contributed by atoms with E-state index in [0.717, 1.165) is 14.4 Å². The highest BCUT2D eigenvalue weighted by molar-refractivity contribution is 9.11. The first-order valence-electron chi connectivity index (χ1n) is 5.66. The summed E-state index contributed by atoms with van der Waals surface area (Å²) in [6.45, 7) is 1.87. The summed E-state index contributed by atoms with van der Waals surface area (Å²) in [4.78, 5) is 1.18. The van der Waals surface area contributed by atoms with Crippen LogP contribution in [0.15, 0.2) is 40.2 Å². The lowest BCUT2D eigenvalue weighted by atomic mass is 9.93. The molecule has 0 saturated heterocycles. The fourth-order valence-electron chi connectivity index (χ4n) is 1.93. The van der Waals surface area contributed by atoms with E-state index in [1.165, 1.54) is 4.88 Å². The number of benzene rings is 1. The van der Waals surface area contributed by atoms with Crippen LogP contribution in [0, 0.1) is 0 Å². The molecule has 0 bridgehead atoms. The average molecular weight is 346 g/mol. The Labute approximate surface area is 125 Å². The molecule has 1 heterocycles. The second kappa shape index (κ2) is 5.74. The van der Waals surface area contributed by atoms with Crippen molar-refractivity contribution in [3.8, 4) is 0 Å². The Hall–Kier alpha value is -0.350. The van der Waals surface area contributed by atoms with Crippen LogP contribution in [-0.4, -0.2) is 10.7 Å². The van der Waals surface area contributed by atoms with E-state index in [1.807, 2.05) is 43.3 Å². The summed E-state index contributed by atoms with van der Waals surface area (Å²) >= 11 is 10.9. The van der Waals surface area contributed by atoms with Crippen LogP contribution in [0.3, 0.4) is 0 Å². The first-order valence-corrected chi connectivity index (χ1v) is 7.64. The van der Waals surface area contributed by atoms with Crippen molar-refractivity contribution < 1.29 is 5.11 Å². The molecule has 1 N–H and O–H groups in total. The fourth-order valence-corrected chi connectivity index (χ4v) is 3.71. The Morgan fingerprint density at radius 2 is 1.83 bits per heavy atom. The Kier molecular flexibility index (Phi) is 4.49. The maximum Gasteiger partial charge on any atom is 0.0707 e. The molecule has 1 unspecified atom stereocenters. The van der Waals surface area contributed by atoms with Crippen LogP contribution >= 0.6 is 38.9 Å². The van der Waals surface area contributed by atoms with Crippen LogP contribution in [0.4, 0.5) is 0 Å². The Bertz CT molecular complexity index is 519. The van der Waals surface area contributed by atoms with Gasteiger partial charge >= 0.3 is 0 Å². The summed E-state index contributed by atoms with van der Waals surface area (Å²) in [5, 5.41) is 11.2. The zero-order valence-corrected chi connectivity index (χ0v) is 13.1. The molecule has 2 aromatic rings. The van der Waals surface area contributed by atoms with Crippen LogP contribution in [0.1, 0.15) is 17.4 Å². The Balaban J connectivity index is 2.04. The molecule has 1 atom stereocenters. The van der Waals surface area contributed by atoms with Crippen molar-refractivity contribution >= 4 is 38.9 Å². The molecule has 0 saturated carbocycles. The number of thiophene rings is 1. The Morgan fingerprint density at radius 1 is 1.17 bits per heavy atom. The fraction of sp³-hybridized carbons (Fsp3) is 0.286. The highest BCUT2D eigenvalue weighted by Crippen LogP contribution is 2.27. The third-order valence-corrected chi connectivity index (χ3v) is 4.56. The average Bonchev–Trinajstić information content (AvgIpc) is 2.66. The molecule has 0 aliphatic heterocycles. The third-order valence-electron chi connectivity index (χ3n) is 2.68. The summed E-state index contributed by atoms with van der Waals surface area (Å²) in [6.07, 6.45) is 1.28. The van der Waals surface area contributed by atoms with Crippen molar-refractivity contribution in [2.24, 2.45) is 0 Å². The van der Waals surface area contributed by atoms with Crippen LogP contribution in [0.25, 0.3) is 0 Å². The van der Waals surface area contributed by atoms with Gasteiger partial charge in [0.1, 0.15) is 0 Å². The summed E-state index contributed by atoms with van der Waals surface area (Å²) in [6, 6.07) is 11.7. The second-order valence-electron chi connectivity index (χ2n) is 4.68. The first-order chi connectivity index (χ1) is 8.44. The minimum absolute atomic E-state index is 0.625. The van der Waals surface area contributed by atoms with Crippen LogP contribution in [0.5, 0.6) is 0 Å². The maximum atomic E-state index is 10.5. The van der Waals surface area contributed by atoms with Crippen molar-refractivity contribution in [1.29, 1.82) is 0 Å². The van der Waals surface area contributed by atoms with Crippen molar-refractivity contribution in [3.05, 3.63) is 55.6 Å². The summed E-state index contributed by atoms with van der Waals surface area (Å²) in [7, 11) is 0. The summed E-state index contributed by atoms with van der Waals surface area (Å²) in [5.74, 6) is 0. The van der Waals surface area contributed by atoms with Gasteiger partial charge in [0, 0.05) is 22.7 Å². The minimum Gasteiger partial charge on any atom is -0.389 e. The molecule has 1 nitrogen and oxygen atoms in total. The van der Waals surface area contributed by atoms with Gasteiger partial charge in [0.25, 0.3) is 0 Å². The van der Waals surface area contributed by atoms with Crippen LogP contribution in [0.2, 0.25) is 5.02 Å². The van der Waals surface area contributed by atoms with Gasteiger partial charge in [-0.1, -0.05) is 23.7 Å². The van der Waals surface area contributed by atoms with Crippen molar-refractivity contribution in [2.45, 2.75) is 25.4 Å². The molecule has 1 aromatic carbocycles. The maximum absolute atomic E-state index is 10.5. The molecule has 0 fully saturated rings. The standard InChI is InChI=1S/C14H14BrClOS/c1-14(17,9-12-6-7-13(15)18-12)8-10-2-4-11(16)5-3-10/h2-7,17H,8-9H2,1H3. The van der Waals surface area contributed by atoms with E-state index in [9.17, 15) is 5.11 Å². The first kappa shape index (κ1) is 14.1. The van der Waals surface area contributed by atoms with Gasteiger partial charge in [-0.25, -0.2) is 0 Å².